The predicted octanol–water partition coefficient (Wildman–Crippen LogP) is 3.36. The van der Waals surface area contributed by atoms with Crippen LogP contribution in [0.1, 0.15) is 32.8 Å². The lowest BCUT2D eigenvalue weighted by atomic mass is 10.2. The molecule has 18 heavy (non-hydrogen) atoms. The van der Waals surface area contributed by atoms with Crippen LogP contribution in [0.15, 0.2) is 11.4 Å². The van der Waals surface area contributed by atoms with Gasteiger partial charge in [0.25, 0.3) is 0 Å². The first-order valence-electron chi connectivity index (χ1n) is 5.35. The molecule has 1 N–H and O–H groups in total. The number of hydrogen-bond acceptors (Lipinski definition) is 4. The monoisotopic (exact) mass is 262 g/mol. The van der Waals surface area contributed by atoms with Crippen molar-refractivity contribution in [3.8, 4) is 17.9 Å². The summed E-state index contributed by atoms with van der Waals surface area (Å²) in [6.07, 6.45) is -0.286. The second-order valence-electron chi connectivity index (χ2n) is 4.46. The topological polar surface area (TPSA) is 62.1 Å². The molecule has 0 atom stereocenters. The van der Waals surface area contributed by atoms with Crippen molar-refractivity contribution in [2.75, 3.05) is 5.32 Å². The molecule has 0 saturated heterocycles. The fourth-order valence-corrected chi connectivity index (χ4v) is 1.78. The molecular formula is C13H14N2O2S. The first kappa shape index (κ1) is 14.1. The quantitative estimate of drug-likeness (QED) is 0.789. The zero-order valence-corrected chi connectivity index (χ0v) is 11.4. The van der Waals surface area contributed by atoms with Crippen LogP contribution in [-0.2, 0) is 4.74 Å². The van der Waals surface area contributed by atoms with Gasteiger partial charge in [0.05, 0.1) is 17.5 Å². The number of thiophene rings is 1. The molecule has 0 aliphatic rings. The summed E-state index contributed by atoms with van der Waals surface area (Å²) in [5.74, 6) is 5.54. The van der Waals surface area contributed by atoms with E-state index in [-0.39, 0.29) is 6.42 Å². The van der Waals surface area contributed by atoms with E-state index < -0.39 is 11.7 Å². The normalized spacial score (nSPS) is 9.89. The van der Waals surface area contributed by atoms with Gasteiger partial charge >= 0.3 is 6.09 Å². The van der Waals surface area contributed by atoms with Gasteiger partial charge in [0.1, 0.15) is 5.60 Å². The van der Waals surface area contributed by atoms with Crippen molar-refractivity contribution in [1.29, 1.82) is 5.26 Å². The molecule has 94 valence electrons. The number of hydrogen-bond donors (Lipinski definition) is 1. The van der Waals surface area contributed by atoms with E-state index in [2.05, 4.69) is 17.2 Å². The number of nitrogens with one attached hydrogen (secondary N) is 1. The molecule has 1 rings (SSSR count). The summed E-state index contributed by atoms with van der Waals surface area (Å²) < 4.78 is 5.13. The highest BCUT2D eigenvalue weighted by Crippen LogP contribution is 2.20. The summed E-state index contributed by atoms with van der Waals surface area (Å²) >= 11 is 1.36. The summed E-state index contributed by atoms with van der Waals surface area (Å²) in [4.78, 5) is 11.5. The van der Waals surface area contributed by atoms with Crippen LogP contribution in [0.25, 0.3) is 0 Å². The van der Waals surface area contributed by atoms with E-state index in [1.54, 1.807) is 26.8 Å². The molecule has 0 fully saturated rings. The van der Waals surface area contributed by atoms with Crippen molar-refractivity contribution in [2.45, 2.75) is 32.8 Å². The lowest BCUT2D eigenvalue weighted by Crippen LogP contribution is -2.26. The van der Waals surface area contributed by atoms with Gasteiger partial charge < -0.3 is 4.74 Å². The Morgan fingerprint density at radius 3 is 2.89 bits per heavy atom. The van der Waals surface area contributed by atoms with Crippen LogP contribution < -0.4 is 5.32 Å². The Labute approximate surface area is 111 Å². The molecule has 0 aliphatic heterocycles. The lowest BCUT2D eigenvalue weighted by molar-refractivity contribution is 0.0636. The van der Waals surface area contributed by atoms with Gasteiger partial charge in [-0.3, -0.25) is 5.32 Å². The van der Waals surface area contributed by atoms with Crippen molar-refractivity contribution in [3.05, 3.63) is 17.0 Å². The molecule has 1 amide bonds. The van der Waals surface area contributed by atoms with E-state index in [0.717, 1.165) is 5.56 Å². The Hall–Kier alpha value is -1.98. The molecule has 0 saturated carbocycles. The molecule has 4 nitrogen and oxygen atoms in total. The second kappa shape index (κ2) is 6.09. The zero-order chi connectivity index (χ0) is 13.6. The third kappa shape index (κ3) is 5.38. The largest absolute Gasteiger partial charge is 0.444 e. The minimum atomic E-state index is -0.517. The molecule has 0 unspecified atom stereocenters. The SMILES string of the molecule is CC(C)(C)OC(=O)Nc1cc(C#CCC#N)cs1. The van der Waals surface area contributed by atoms with Crippen molar-refractivity contribution >= 4 is 22.4 Å². The van der Waals surface area contributed by atoms with Crippen molar-refractivity contribution < 1.29 is 9.53 Å². The Bertz CT molecular complexity index is 524. The van der Waals surface area contributed by atoms with Gasteiger partial charge in [-0.1, -0.05) is 11.8 Å². The first-order valence-corrected chi connectivity index (χ1v) is 6.23. The van der Waals surface area contributed by atoms with E-state index in [1.165, 1.54) is 11.3 Å². The van der Waals surface area contributed by atoms with Gasteiger partial charge in [-0.2, -0.15) is 5.26 Å². The standard InChI is InChI=1S/C13H14N2O2S/c1-13(2,3)17-12(16)15-11-8-10(9-18-11)6-4-5-7-14/h8-9H,5H2,1-3H3,(H,15,16). The van der Waals surface area contributed by atoms with Gasteiger partial charge in [-0.05, 0) is 26.8 Å². The number of carbonyl (C=O) groups excluding carboxylic acids is 1. The third-order valence-corrected chi connectivity index (χ3v) is 2.47. The maximum absolute atomic E-state index is 11.5. The van der Waals surface area contributed by atoms with Crippen molar-refractivity contribution in [1.82, 2.24) is 0 Å². The maximum atomic E-state index is 11.5. The Morgan fingerprint density at radius 2 is 2.28 bits per heavy atom. The van der Waals surface area contributed by atoms with E-state index in [4.69, 9.17) is 10.00 Å². The minimum absolute atomic E-state index is 0.199. The number of ether oxygens (including phenoxy) is 1. The highest BCUT2D eigenvalue weighted by Gasteiger charge is 2.16. The van der Waals surface area contributed by atoms with Gasteiger partial charge in [-0.25, -0.2) is 4.79 Å². The van der Waals surface area contributed by atoms with Gasteiger partial charge in [0.2, 0.25) is 0 Å². The summed E-state index contributed by atoms with van der Waals surface area (Å²) in [6.45, 7) is 5.42. The van der Waals surface area contributed by atoms with Gasteiger partial charge in [-0.15, -0.1) is 11.3 Å². The number of carbonyl (C=O) groups is 1. The fraction of sp³-hybridized carbons (Fsp3) is 0.385. The Kier molecular flexibility index (Phi) is 4.76. The minimum Gasteiger partial charge on any atom is -0.444 e. The second-order valence-corrected chi connectivity index (χ2v) is 5.37. The van der Waals surface area contributed by atoms with E-state index in [1.807, 2.05) is 11.4 Å². The molecule has 0 bridgehead atoms. The van der Waals surface area contributed by atoms with Gasteiger partial charge in [0, 0.05) is 10.9 Å². The molecule has 1 aromatic rings. The zero-order valence-electron chi connectivity index (χ0n) is 10.5. The lowest BCUT2D eigenvalue weighted by Gasteiger charge is -2.19. The molecule has 1 heterocycles. The number of rotatable bonds is 1. The molecule has 0 aliphatic carbocycles. The summed E-state index contributed by atoms with van der Waals surface area (Å²) in [5.41, 5.74) is 0.262. The Balaban J connectivity index is 2.58. The summed E-state index contributed by atoms with van der Waals surface area (Å²) in [7, 11) is 0. The number of amides is 1. The van der Waals surface area contributed by atoms with Crippen molar-refractivity contribution in [2.24, 2.45) is 0 Å². The Morgan fingerprint density at radius 1 is 1.56 bits per heavy atom. The van der Waals surface area contributed by atoms with E-state index in [0.29, 0.717) is 5.00 Å². The van der Waals surface area contributed by atoms with Crippen LogP contribution in [0.2, 0.25) is 0 Å². The van der Waals surface area contributed by atoms with Crippen LogP contribution in [0.4, 0.5) is 9.80 Å². The van der Waals surface area contributed by atoms with E-state index >= 15 is 0 Å². The summed E-state index contributed by atoms with van der Waals surface area (Å²) in [5, 5.41) is 13.5. The molecule has 1 aromatic heterocycles. The fourth-order valence-electron chi connectivity index (χ4n) is 1.06. The number of anilines is 1. The molecule has 0 spiro atoms. The average molecular weight is 262 g/mol. The molecule has 5 heteroatoms. The predicted molar refractivity (Wildman–Crippen MR) is 71.3 cm³/mol. The van der Waals surface area contributed by atoms with Crippen LogP contribution in [0.5, 0.6) is 0 Å². The maximum Gasteiger partial charge on any atom is 0.412 e. The van der Waals surface area contributed by atoms with Crippen molar-refractivity contribution in [3.63, 3.8) is 0 Å². The third-order valence-electron chi connectivity index (χ3n) is 1.62. The molecule has 0 aromatic carbocycles. The van der Waals surface area contributed by atoms with Gasteiger partial charge in [0.15, 0.2) is 0 Å². The molecule has 0 radical (unpaired) electrons. The van der Waals surface area contributed by atoms with E-state index in [9.17, 15) is 4.79 Å². The highest BCUT2D eigenvalue weighted by atomic mass is 32.1. The highest BCUT2D eigenvalue weighted by molar-refractivity contribution is 7.14. The van der Waals surface area contributed by atoms with Crippen LogP contribution >= 0.6 is 11.3 Å². The first-order chi connectivity index (χ1) is 8.40. The number of nitrogens with zero attached hydrogens (tertiary/aromatic N) is 1. The summed E-state index contributed by atoms with van der Waals surface area (Å²) in [6, 6.07) is 3.69. The van der Waals surface area contributed by atoms with Crippen LogP contribution in [-0.4, -0.2) is 11.7 Å². The molecular weight excluding hydrogens is 248 g/mol. The smallest absolute Gasteiger partial charge is 0.412 e. The van der Waals surface area contributed by atoms with Crippen LogP contribution in [0.3, 0.4) is 0 Å². The average Bonchev–Trinajstić information content (AvgIpc) is 2.63. The number of nitriles is 1. The van der Waals surface area contributed by atoms with Crippen LogP contribution in [0, 0.1) is 23.2 Å².